The summed E-state index contributed by atoms with van der Waals surface area (Å²) in [5.41, 5.74) is 41.6. The second-order valence-electron chi connectivity index (χ2n) is 33.7. The normalized spacial score (nSPS) is 16.8. The van der Waals surface area contributed by atoms with Gasteiger partial charge in [0, 0.05) is 179 Å². The van der Waals surface area contributed by atoms with Crippen LogP contribution in [0.5, 0.6) is 0 Å². The van der Waals surface area contributed by atoms with Gasteiger partial charge in [0.15, 0.2) is 11.3 Å². The minimum Gasteiger partial charge on any atom is -0.481 e. The zero-order valence-electron chi connectivity index (χ0n) is 72.1. The molecule has 2 aliphatic carbocycles. The maximum atomic E-state index is 12.8. The summed E-state index contributed by atoms with van der Waals surface area (Å²) >= 11 is 0. The fourth-order valence-electron chi connectivity index (χ4n) is 19.0. The van der Waals surface area contributed by atoms with Gasteiger partial charge in [-0.2, -0.15) is 0 Å². The third kappa shape index (κ3) is 16.1. The Morgan fingerprint density at radius 3 is 1.68 bits per heavy atom. The van der Waals surface area contributed by atoms with Gasteiger partial charge in [-0.3, -0.25) is 46.9 Å². The van der Waals surface area contributed by atoms with E-state index in [-0.39, 0.29) is 59.0 Å². The Bertz CT molecular complexity index is 7260. The summed E-state index contributed by atoms with van der Waals surface area (Å²) < 4.78 is 14.2. The predicted molar refractivity (Wildman–Crippen MR) is 498 cm³/mol. The van der Waals surface area contributed by atoms with E-state index < -0.39 is 5.97 Å². The number of carbonyl (C=O) groups is 4. The number of carboxylic acids is 1. The number of anilines is 5. The van der Waals surface area contributed by atoms with E-state index in [0.717, 1.165) is 183 Å². The van der Waals surface area contributed by atoms with E-state index in [2.05, 4.69) is 112 Å². The number of nitrogens with zero attached hydrogens (tertiary/aromatic N) is 18. The van der Waals surface area contributed by atoms with Gasteiger partial charge >= 0.3 is 18.0 Å². The quantitative estimate of drug-likeness (QED) is 0.0511. The highest BCUT2D eigenvalue weighted by Gasteiger charge is 2.36. The number of carboxylic acid groups (broad SMARTS) is 1. The molecular weight excluding hydrogens is 1650 g/mol. The molecule has 660 valence electrons. The third-order valence-electron chi connectivity index (χ3n) is 25.7. The number of aliphatic carboxylic acids is 1. The number of nitrogen functional groups attached to an aromatic ring is 4. The van der Waals surface area contributed by atoms with Gasteiger partial charge < -0.3 is 77.7 Å². The van der Waals surface area contributed by atoms with Crippen LogP contribution in [0.2, 0.25) is 0 Å². The van der Waals surface area contributed by atoms with Gasteiger partial charge in [0.05, 0.1) is 57.0 Å². The van der Waals surface area contributed by atoms with Crippen LogP contribution in [-0.4, -0.2) is 183 Å². The number of furan rings is 1. The minimum atomic E-state index is -0.692. The highest BCUT2D eigenvalue weighted by atomic mass is 16.4. The van der Waals surface area contributed by atoms with Crippen LogP contribution in [0.3, 0.4) is 0 Å². The smallest absolute Gasteiger partial charge is 0.319 e. The number of rotatable bonds is 13. The molecule has 5 amide bonds. The third-order valence-corrected chi connectivity index (χ3v) is 25.7. The molecule has 0 radical (unpaired) electrons. The SMILES string of the molecule is CCc1cnc(N)c2c(-c3cc4ccccc4[nH]3)nc(C3CCC(C(=O)O)CC3)n12.CN(C)C(=O)N1CCC(c2nc(-c3cc4ncccc4o3)c3c(N)nccn23)CC1.CNC(=O)N1CCC(c2nc(-c3cc4cccc(-c5ccccn5)c4[nH]3)c3c(N)nccn23)CC1.Nc1nccn2c(C3CCC(C(=O)Nc4cccnc4)CC3)nc(-c3cc4c(=O)[nH]ccc4[nH]3)c12. The highest BCUT2D eigenvalue weighted by molar-refractivity contribution is 5.99. The average Bonchev–Trinajstić information content (AvgIpc) is 1.59. The van der Waals surface area contributed by atoms with Crippen molar-refractivity contribution in [1.82, 2.24) is 112 Å². The van der Waals surface area contributed by atoms with Crippen molar-refractivity contribution in [3.8, 4) is 56.9 Å². The molecule has 16 aromatic heterocycles. The van der Waals surface area contributed by atoms with Crippen LogP contribution in [0, 0.1) is 11.8 Å². The van der Waals surface area contributed by atoms with Gasteiger partial charge in [0.2, 0.25) is 5.91 Å². The first kappa shape index (κ1) is 83.7. The molecule has 0 atom stereocenters. The lowest BCUT2D eigenvalue weighted by atomic mass is 9.81. The number of nitrogens with two attached hydrogens (primary N) is 4. The number of nitrogens with one attached hydrogen (secondary N) is 6. The topological polar surface area (TPSA) is 479 Å². The number of likely N-dealkylation sites (tertiary alicyclic amines) is 2. The van der Waals surface area contributed by atoms with Crippen LogP contribution in [0.15, 0.2) is 199 Å². The number of H-pyrrole nitrogens is 4. The van der Waals surface area contributed by atoms with Crippen molar-refractivity contribution in [3.05, 3.63) is 229 Å². The molecule has 0 unspecified atom stereocenters. The van der Waals surface area contributed by atoms with Gasteiger partial charge in [-0.1, -0.05) is 49.4 Å². The number of imidazole rings is 4. The van der Waals surface area contributed by atoms with Gasteiger partial charge in [0.1, 0.15) is 96.9 Å². The molecule has 2 saturated carbocycles. The lowest BCUT2D eigenvalue weighted by Crippen LogP contribution is -2.43. The number of aryl methyl sites for hydroxylation is 1. The van der Waals surface area contributed by atoms with Crippen LogP contribution >= 0.6 is 0 Å². The number of aromatic nitrogens is 19. The molecule has 15 N–H and O–H groups in total. The van der Waals surface area contributed by atoms with Crippen molar-refractivity contribution in [2.75, 3.05) is 75.6 Å². The summed E-state index contributed by atoms with van der Waals surface area (Å²) in [5.74, 6) is 5.85. The molecule has 22 rings (SSSR count). The Balaban J connectivity index is 0.000000113. The molecule has 0 bridgehead atoms. The summed E-state index contributed by atoms with van der Waals surface area (Å²) in [7, 11) is 5.22. The molecule has 130 heavy (non-hydrogen) atoms. The number of fused-ring (bicyclic) bond motifs is 8. The number of amides is 5. The second-order valence-corrected chi connectivity index (χ2v) is 33.7. The van der Waals surface area contributed by atoms with Crippen molar-refractivity contribution in [1.29, 1.82) is 0 Å². The molecule has 0 spiro atoms. The average molecular weight is 1740 g/mol. The highest BCUT2D eigenvalue weighted by Crippen LogP contribution is 2.45. The summed E-state index contributed by atoms with van der Waals surface area (Å²) in [5, 5.41) is 17.8. The Morgan fingerprint density at radius 1 is 0.523 bits per heavy atom. The minimum absolute atomic E-state index is 0.0295. The molecule has 4 aliphatic rings. The fourth-order valence-corrected chi connectivity index (χ4v) is 19.0. The number of aromatic amines is 4. The summed E-state index contributed by atoms with van der Waals surface area (Å²) in [4.78, 5) is 129. The molecular formula is C95H98N28O7. The first-order valence-electron chi connectivity index (χ1n) is 43.9. The van der Waals surface area contributed by atoms with Gasteiger partial charge in [-0.15, -0.1) is 0 Å². The maximum absolute atomic E-state index is 12.8. The Morgan fingerprint density at radius 2 is 1.08 bits per heavy atom. The van der Waals surface area contributed by atoms with Crippen molar-refractivity contribution < 1.29 is 28.7 Å². The number of para-hydroxylation sites is 2. The maximum Gasteiger partial charge on any atom is 0.319 e. The molecule has 18 heterocycles. The molecule has 35 nitrogen and oxygen atoms in total. The van der Waals surface area contributed by atoms with E-state index in [1.807, 2.05) is 116 Å². The zero-order valence-corrected chi connectivity index (χ0v) is 72.1. The van der Waals surface area contributed by atoms with Crippen molar-refractivity contribution >= 4 is 119 Å². The Kier molecular flexibility index (Phi) is 22.9. The molecule has 2 aromatic carbocycles. The van der Waals surface area contributed by atoms with E-state index in [9.17, 15) is 29.1 Å². The Labute approximate surface area is 743 Å². The summed E-state index contributed by atoms with van der Waals surface area (Å²) in [6, 6.07) is 37.3. The molecule has 2 saturated heterocycles. The first-order valence-corrected chi connectivity index (χ1v) is 43.9. The number of carbonyl (C=O) groups excluding carboxylic acids is 3. The lowest BCUT2D eigenvalue weighted by molar-refractivity contribution is -0.142. The van der Waals surface area contributed by atoms with E-state index in [0.29, 0.717) is 107 Å². The van der Waals surface area contributed by atoms with Crippen molar-refractivity contribution in [3.63, 3.8) is 0 Å². The second kappa shape index (κ2) is 35.5. The van der Waals surface area contributed by atoms with Crippen molar-refractivity contribution in [2.45, 2.75) is 114 Å². The first-order chi connectivity index (χ1) is 63.3. The van der Waals surface area contributed by atoms with Crippen LogP contribution in [0.4, 0.5) is 38.5 Å². The summed E-state index contributed by atoms with van der Waals surface area (Å²) in [6.07, 6.45) is 31.4. The number of hydrogen-bond acceptors (Lipinski definition) is 21. The zero-order chi connectivity index (χ0) is 89.5. The number of urea groups is 2. The summed E-state index contributed by atoms with van der Waals surface area (Å²) in [6.45, 7) is 4.87. The largest absolute Gasteiger partial charge is 0.481 e. The van der Waals surface area contributed by atoms with Crippen LogP contribution in [-0.2, 0) is 16.0 Å². The van der Waals surface area contributed by atoms with Crippen LogP contribution < -0.4 is 39.1 Å². The fraction of sp³-hybridized carbons (Fsp3) is 0.284. The van der Waals surface area contributed by atoms with E-state index >= 15 is 0 Å². The monoisotopic (exact) mass is 1740 g/mol. The van der Waals surface area contributed by atoms with Gasteiger partial charge in [-0.05, 0) is 150 Å². The Hall–Kier alpha value is -15.8. The van der Waals surface area contributed by atoms with E-state index in [4.69, 9.17) is 47.3 Å². The molecule has 4 fully saturated rings. The number of benzene rings is 2. The number of hydrogen-bond donors (Lipinski definition) is 11. The predicted octanol–water partition coefficient (Wildman–Crippen LogP) is 14.9. The molecule has 2 aliphatic heterocycles. The van der Waals surface area contributed by atoms with Gasteiger partial charge in [0.25, 0.3) is 5.56 Å². The number of piperidine rings is 2. The van der Waals surface area contributed by atoms with E-state index in [1.165, 1.54) is 0 Å². The lowest BCUT2D eigenvalue weighted by Gasteiger charge is -2.33. The van der Waals surface area contributed by atoms with Crippen molar-refractivity contribution in [2.24, 2.45) is 11.8 Å². The number of pyridine rings is 4. The van der Waals surface area contributed by atoms with Gasteiger partial charge in [-0.25, -0.2) is 49.5 Å². The molecule has 35 heteroatoms. The van der Waals surface area contributed by atoms with E-state index in [1.54, 1.807) is 87.8 Å². The molecule has 18 aromatic rings. The van der Waals surface area contributed by atoms with Crippen LogP contribution in [0.25, 0.3) is 123 Å². The van der Waals surface area contributed by atoms with Crippen LogP contribution in [0.1, 0.15) is 137 Å². The standard InChI is InChI=1S/C26H26N8O.C25H24N8O2.C23H25N5O2.C21H23N7O2/c1-28-26(35)33-12-8-16(9-13-33)25-32-22(23-24(27)30-11-14-34(23)25)20-15-17-5-4-6-18(21(17)31-20)19-7-2-3-10-29-19;26-22-21-20(19-12-17-18(31-19)7-9-29-25(17)35)32-23(33(21)11-10-28-22)14-3-5-15(6-4-14)24(34)30-16-2-1-8-27-13-16;1-2-16-12-25-21(24)20-19(18-11-15-5-3-4-6-17(15)26-18)27-22(28(16)20)13-7-9-14(10-8-13)23(29)30;1-26(2)21(29)27-9-5-13(6-10-27)20-25-17(18-19(22)24-8-11-28(18)20)16-12-14-15(30-16)4-3-7-23-14/h2-7,10-11,14-16,31H,8-9,12-13H2,1H3,(H2,27,30)(H,28,35);1-2,7-15,31H,3-6H2,(H2,26,28)(H,29,35)(H,30,34);3-6,11-14,26H,2,7-10H2,1H3,(H2,24,25)(H,29,30);3-4,7-8,11-13H,5-6,9-10H2,1-2H3,(H2,22,24).